The maximum atomic E-state index is 12.6. The Morgan fingerprint density at radius 3 is 2.57 bits per heavy atom. The summed E-state index contributed by atoms with van der Waals surface area (Å²) in [6.07, 6.45) is 2.61. The van der Waals surface area contributed by atoms with Crippen LogP contribution in [0, 0.1) is 16.0 Å². The first kappa shape index (κ1) is 18.2. The highest BCUT2D eigenvalue weighted by Crippen LogP contribution is 2.56. The molecule has 28 heavy (non-hydrogen) atoms. The van der Waals surface area contributed by atoms with Gasteiger partial charge in [-0.05, 0) is 29.7 Å². The number of hydrogen-bond acceptors (Lipinski definition) is 5. The van der Waals surface area contributed by atoms with Crippen molar-refractivity contribution >= 4 is 6.29 Å². The van der Waals surface area contributed by atoms with Gasteiger partial charge in [-0.1, -0.05) is 43.3 Å². The van der Waals surface area contributed by atoms with E-state index in [-0.39, 0.29) is 17.4 Å². The molecule has 0 N–H and O–H groups in total. The maximum absolute atomic E-state index is 12.6. The van der Waals surface area contributed by atoms with E-state index < -0.39 is 17.4 Å². The zero-order valence-electron chi connectivity index (χ0n) is 15.7. The Morgan fingerprint density at radius 1 is 1.21 bits per heavy atom. The SMILES string of the molecule is COc1ccc([C@H]2C(C=O)=C[C@@H](C)[C@@H]3c4ccccc4OC[C@@]23[N+](=O)[O-])cc1. The molecule has 0 unspecified atom stereocenters. The highest BCUT2D eigenvalue weighted by molar-refractivity contribution is 5.78. The predicted octanol–water partition coefficient (Wildman–Crippen LogP) is 3.75. The van der Waals surface area contributed by atoms with Gasteiger partial charge < -0.3 is 9.47 Å². The summed E-state index contributed by atoms with van der Waals surface area (Å²) in [5, 5.41) is 12.6. The van der Waals surface area contributed by atoms with Gasteiger partial charge in [-0.3, -0.25) is 14.9 Å². The summed E-state index contributed by atoms with van der Waals surface area (Å²) in [7, 11) is 1.56. The van der Waals surface area contributed by atoms with Crippen molar-refractivity contribution in [3.05, 3.63) is 81.4 Å². The third-order valence-electron chi connectivity index (χ3n) is 5.99. The van der Waals surface area contributed by atoms with Crippen molar-refractivity contribution in [3.8, 4) is 11.5 Å². The molecule has 4 atom stereocenters. The molecule has 2 aromatic rings. The number of aldehydes is 1. The molecule has 1 heterocycles. The lowest BCUT2D eigenvalue weighted by atomic mass is 9.58. The fourth-order valence-corrected chi connectivity index (χ4v) is 4.86. The van der Waals surface area contributed by atoms with Gasteiger partial charge >= 0.3 is 0 Å². The highest BCUT2D eigenvalue weighted by atomic mass is 16.6. The monoisotopic (exact) mass is 379 g/mol. The zero-order chi connectivity index (χ0) is 19.9. The molecule has 0 aromatic heterocycles. The number of methoxy groups -OCH3 is 1. The van der Waals surface area contributed by atoms with Crippen LogP contribution in [0.2, 0.25) is 0 Å². The lowest BCUT2D eigenvalue weighted by Crippen LogP contribution is -2.59. The molecule has 0 spiro atoms. The summed E-state index contributed by atoms with van der Waals surface area (Å²) in [6, 6.07) is 14.6. The number of fused-ring (bicyclic) bond motifs is 3. The van der Waals surface area contributed by atoms with E-state index in [1.807, 2.05) is 37.3 Å². The normalized spacial score (nSPS) is 28.2. The first-order chi connectivity index (χ1) is 13.5. The van der Waals surface area contributed by atoms with Crippen LogP contribution in [0.3, 0.4) is 0 Å². The first-order valence-electron chi connectivity index (χ1n) is 9.20. The third-order valence-corrected chi connectivity index (χ3v) is 5.99. The van der Waals surface area contributed by atoms with E-state index in [9.17, 15) is 14.9 Å². The molecule has 144 valence electrons. The van der Waals surface area contributed by atoms with Gasteiger partial charge in [-0.25, -0.2) is 0 Å². The van der Waals surface area contributed by atoms with Crippen molar-refractivity contribution in [2.24, 2.45) is 5.92 Å². The number of hydrogen-bond donors (Lipinski definition) is 0. The van der Waals surface area contributed by atoms with Crippen LogP contribution in [0.25, 0.3) is 0 Å². The number of para-hydroxylation sites is 1. The van der Waals surface area contributed by atoms with E-state index in [4.69, 9.17) is 9.47 Å². The van der Waals surface area contributed by atoms with Gasteiger partial charge in [-0.2, -0.15) is 0 Å². The number of rotatable bonds is 4. The molecule has 0 bridgehead atoms. The first-order valence-corrected chi connectivity index (χ1v) is 9.20. The van der Waals surface area contributed by atoms with Crippen molar-refractivity contribution in [2.45, 2.75) is 24.3 Å². The van der Waals surface area contributed by atoms with Crippen LogP contribution in [0.4, 0.5) is 0 Å². The van der Waals surface area contributed by atoms with Gasteiger partial charge in [0.05, 0.1) is 18.9 Å². The average molecular weight is 379 g/mol. The second-order valence-electron chi connectivity index (χ2n) is 7.40. The number of carbonyl (C=O) groups excluding carboxylic acids is 1. The molecule has 4 rings (SSSR count). The Labute approximate surface area is 162 Å². The van der Waals surface area contributed by atoms with E-state index in [0.29, 0.717) is 22.6 Å². The Balaban J connectivity index is 1.96. The van der Waals surface area contributed by atoms with Crippen molar-refractivity contribution in [1.29, 1.82) is 0 Å². The summed E-state index contributed by atoms with van der Waals surface area (Å²) < 4.78 is 11.1. The van der Waals surface area contributed by atoms with E-state index in [1.54, 1.807) is 31.4 Å². The van der Waals surface area contributed by atoms with Gasteiger partial charge in [0.2, 0.25) is 0 Å². The van der Waals surface area contributed by atoms with Crippen molar-refractivity contribution in [1.82, 2.24) is 0 Å². The molecule has 2 aromatic carbocycles. The molecule has 0 fully saturated rings. The second-order valence-corrected chi connectivity index (χ2v) is 7.40. The molecule has 0 saturated heterocycles. The summed E-state index contributed by atoms with van der Waals surface area (Å²) in [5.41, 5.74) is 0.481. The fraction of sp³-hybridized carbons (Fsp3) is 0.318. The largest absolute Gasteiger partial charge is 0.497 e. The standard InChI is InChI=1S/C22H21NO5/c1-14-11-16(12-24)21(15-7-9-17(27-2)10-8-15)22(23(25)26)13-28-19-6-4-3-5-18(19)20(14)22/h3-12,14,20-21H,13H2,1-2H3/t14-,20-,21+,22+/m1/s1. The van der Waals surface area contributed by atoms with Crippen LogP contribution < -0.4 is 9.47 Å². The highest BCUT2D eigenvalue weighted by Gasteiger charge is 2.64. The van der Waals surface area contributed by atoms with E-state index in [2.05, 4.69) is 0 Å². The van der Waals surface area contributed by atoms with E-state index in [0.717, 1.165) is 11.8 Å². The van der Waals surface area contributed by atoms with Gasteiger partial charge in [-0.15, -0.1) is 0 Å². The predicted molar refractivity (Wildman–Crippen MR) is 103 cm³/mol. The summed E-state index contributed by atoms with van der Waals surface area (Å²) in [6.45, 7) is 1.84. The Kier molecular flexibility index (Phi) is 4.41. The van der Waals surface area contributed by atoms with Gasteiger partial charge in [0, 0.05) is 16.1 Å². The molecule has 0 radical (unpaired) electrons. The van der Waals surface area contributed by atoms with E-state index >= 15 is 0 Å². The maximum Gasteiger partial charge on any atom is 0.273 e. The van der Waals surface area contributed by atoms with E-state index in [1.165, 1.54) is 0 Å². The molecular weight excluding hydrogens is 358 g/mol. The molecule has 2 aliphatic rings. The van der Waals surface area contributed by atoms with Crippen LogP contribution in [0.15, 0.2) is 60.2 Å². The quantitative estimate of drug-likeness (QED) is 0.459. The minimum absolute atomic E-state index is 0.0894. The summed E-state index contributed by atoms with van der Waals surface area (Å²) >= 11 is 0. The zero-order valence-corrected chi connectivity index (χ0v) is 15.7. The van der Waals surface area contributed by atoms with Crippen LogP contribution in [-0.4, -0.2) is 30.5 Å². The molecule has 0 amide bonds. The molecule has 6 heteroatoms. The molecule has 6 nitrogen and oxygen atoms in total. The number of allylic oxidation sites excluding steroid dienone is 1. The number of ether oxygens (including phenoxy) is 2. The third kappa shape index (κ3) is 2.52. The van der Waals surface area contributed by atoms with Crippen LogP contribution in [0.5, 0.6) is 11.5 Å². The van der Waals surface area contributed by atoms with Crippen LogP contribution in [-0.2, 0) is 4.79 Å². The molecule has 0 saturated carbocycles. The summed E-state index contributed by atoms with van der Waals surface area (Å²) in [4.78, 5) is 24.3. The van der Waals surface area contributed by atoms with Crippen LogP contribution in [0.1, 0.15) is 29.9 Å². The minimum atomic E-state index is -1.46. The fourth-order valence-electron chi connectivity index (χ4n) is 4.86. The topological polar surface area (TPSA) is 78.7 Å². The van der Waals surface area contributed by atoms with Crippen LogP contribution >= 0.6 is 0 Å². The van der Waals surface area contributed by atoms with Gasteiger partial charge in [0.15, 0.2) is 6.61 Å². The lowest BCUT2D eigenvalue weighted by molar-refractivity contribution is -0.584. The van der Waals surface area contributed by atoms with Crippen molar-refractivity contribution in [3.63, 3.8) is 0 Å². The van der Waals surface area contributed by atoms with Crippen molar-refractivity contribution in [2.75, 3.05) is 13.7 Å². The molecular formula is C22H21NO5. The second kappa shape index (κ2) is 6.78. The average Bonchev–Trinajstić information content (AvgIpc) is 2.73. The number of benzene rings is 2. The number of nitro groups is 1. The van der Waals surface area contributed by atoms with Gasteiger partial charge in [0.25, 0.3) is 5.54 Å². The minimum Gasteiger partial charge on any atom is -0.497 e. The summed E-state index contributed by atoms with van der Waals surface area (Å²) in [5.74, 6) is 0.0450. The Bertz CT molecular complexity index is 952. The lowest BCUT2D eigenvalue weighted by Gasteiger charge is -2.47. The number of carbonyl (C=O) groups is 1. The molecule has 1 aliphatic heterocycles. The Morgan fingerprint density at radius 2 is 1.93 bits per heavy atom. The Hall–Kier alpha value is -3.15. The smallest absolute Gasteiger partial charge is 0.273 e. The van der Waals surface area contributed by atoms with Crippen molar-refractivity contribution < 1.29 is 19.2 Å². The van der Waals surface area contributed by atoms with Gasteiger partial charge in [0.1, 0.15) is 17.8 Å². The number of nitrogens with zero attached hydrogens (tertiary/aromatic N) is 1. The molecule has 1 aliphatic carbocycles.